The van der Waals surface area contributed by atoms with Crippen molar-refractivity contribution >= 4 is 17.6 Å². The van der Waals surface area contributed by atoms with Crippen LogP contribution in [0.4, 0.5) is 0 Å². The minimum atomic E-state index is -1.46. The molecule has 0 unspecified atom stereocenters. The van der Waals surface area contributed by atoms with Crippen molar-refractivity contribution in [1.29, 1.82) is 0 Å². The molecule has 0 aliphatic carbocycles. The number of rotatable bonds is 4. The average molecular weight is 333 g/mol. The van der Waals surface area contributed by atoms with Gasteiger partial charge < -0.3 is 29.5 Å². The summed E-state index contributed by atoms with van der Waals surface area (Å²) >= 11 is 5.73. The third kappa shape index (κ3) is 3.75. The Morgan fingerprint density at radius 2 is 1.82 bits per heavy atom. The number of hydrogen-bond donors (Lipinski definition) is 3. The maximum absolute atomic E-state index is 11.9. The number of halogens is 1. The Kier molecular flexibility index (Phi) is 5.74. The summed E-state index contributed by atoms with van der Waals surface area (Å²) in [6.07, 6.45) is -6.38. The molecule has 7 nitrogen and oxygen atoms in total. The van der Waals surface area contributed by atoms with Gasteiger partial charge in [0.25, 0.3) is 0 Å². The van der Waals surface area contributed by atoms with Gasteiger partial charge in [0, 0.05) is 12.1 Å². The van der Waals surface area contributed by atoms with E-state index >= 15 is 0 Å². The van der Waals surface area contributed by atoms with Crippen LogP contribution in [0.25, 0.3) is 0 Å². The van der Waals surface area contributed by atoms with Gasteiger partial charge in [-0.15, -0.1) is 0 Å². The Labute approximate surface area is 132 Å². The second-order valence-corrected chi connectivity index (χ2v) is 5.29. The molecule has 0 spiro atoms. The summed E-state index contributed by atoms with van der Waals surface area (Å²) in [5, 5.41) is 29.7. The molecule has 122 valence electrons. The molecule has 0 bridgehead atoms. The van der Waals surface area contributed by atoms with E-state index in [0.717, 1.165) is 0 Å². The highest BCUT2D eigenvalue weighted by atomic mass is 35.5. The molecular weight excluding hydrogens is 316 g/mol. The molecule has 0 radical (unpaired) electrons. The summed E-state index contributed by atoms with van der Waals surface area (Å²) in [5.41, 5.74) is 0.290. The van der Waals surface area contributed by atoms with Crippen LogP contribution in [0, 0.1) is 0 Å². The van der Waals surface area contributed by atoms with Crippen LogP contribution in [0.1, 0.15) is 10.4 Å². The van der Waals surface area contributed by atoms with Gasteiger partial charge in [0.1, 0.15) is 31.0 Å². The first-order valence-corrected chi connectivity index (χ1v) is 6.97. The number of carbonyl (C=O) groups excluding carboxylic acids is 1. The molecule has 1 saturated heterocycles. The van der Waals surface area contributed by atoms with E-state index in [0.29, 0.717) is 10.6 Å². The largest absolute Gasteiger partial charge is 0.459 e. The standard InChI is InChI=1S/C14H17ClO7/c1-20-14-12(18)11(17)10(16)9(22-14)6-21-13(19)7-2-4-8(15)5-3-7/h2-5,9-12,14,16-18H,6H2,1H3/t9-,10+,11+,12-,14-/m1/s1. The summed E-state index contributed by atoms with van der Waals surface area (Å²) in [6.45, 7) is -0.299. The van der Waals surface area contributed by atoms with E-state index in [1.54, 1.807) is 12.1 Å². The van der Waals surface area contributed by atoms with Gasteiger partial charge in [0.2, 0.25) is 0 Å². The zero-order valence-corrected chi connectivity index (χ0v) is 12.5. The molecule has 0 aromatic heterocycles. The van der Waals surface area contributed by atoms with Crippen molar-refractivity contribution < 1.29 is 34.3 Å². The average Bonchev–Trinajstić information content (AvgIpc) is 2.52. The van der Waals surface area contributed by atoms with Gasteiger partial charge in [-0.25, -0.2) is 4.79 Å². The molecule has 1 aliphatic rings. The minimum absolute atomic E-state index is 0.290. The van der Waals surface area contributed by atoms with Gasteiger partial charge in [-0.2, -0.15) is 0 Å². The van der Waals surface area contributed by atoms with Crippen molar-refractivity contribution in [3.05, 3.63) is 34.9 Å². The van der Waals surface area contributed by atoms with E-state index in [2.05, 4.69) is 0 Å². The van der Waals surface area contributed by atoms with Crippen LogP contribution >= 0.6 is 11.6 Å². The van der Waals surface area contributed by atoms with E-state index in [1.807, 2.05) is 0 Å². The third-order valence-electron chi connectivity index (χ3n) is 3.36. The second-order valence-electron chi connectivity index (χ2n) is 4.86. The van der Waals surface area contributed by atoms with E-state index in [1.165, 1.54) is 19.2 Å². The molecule has 1 aliphatic heterocycles. The number of aliphatic hydroxyl groups excluding tert-OH is 3. The molecular formula is C14H17ClO7. The Hall–Kier alpha value is -1.22. The molecule has 2 rings (SSSR count). The predicted molar refractivity (Wildman–Crippen MR) is 75.4 cm³/mol. The number of methoxy groups -OCH3 is 1. The number of carbonyl (C=O) groups is 1. The van der Waals surface area contributed by atoms with Crippen molar-refractivity contribution in [2.75, 3.05) is 13.7 Å². The number of esters is 1. The molecule has 0 saturated carbocycles. The van der Waals surface area contributed by atoms with Crippen LogP contribution in [0.2, 0.25) is 5.02 Å². The molecule has 22 heavy (non-hydrogen) atoms. The highest BCUT2D eigenvalue weighted by Crippen LogP contribution is 2.22. The highest BCUT2D eigenvalue weighted by molar-refractivity contribution is 6.30. The van der Waals surface area contributed by atoms with E-state index in [4.69, 9.17) is 25.8 Å². The third-order valence-corrected chi connectivity index (χ3v) is 3.61. The molecule has 1 aromatic rings. The van der Waals surface area contributed by atoms with Crippen LogP contribution < -0.4 is 0 Å². The first kappa shape index (κ1) is 17.1. The molecule has 8 heteroatoms. The molecule has 1 aromatic carbocycles. The van der Waals surface area contributed by atoms with Crippen LogP contribution in [-0.2, 0) is 14.2 Å². The Morgan fingerprint density at radius 1 is 1.18 bits per heavy atom. The van der Waals surface area contributed by atoms with Crippen molar-refractivity contribution in [2.45, 2.75) is 30.7 Å². The van der Waals surface area contributed by atoms with Gasteiger partial charge in [-0.3, -0.25) is 0 Å². The van der Waals surface area contributed by atoms with E-state index < -0.39 is 36.7 Å². The fourth-order valence-electron chi connectivity index (χ4n) is 2.08. The minimum Gasteiger partial charge on any atom is -0.459 e. The molecule has 5 atom stereocenters. The fourth-order valence-corrected chi connectivity index (χ4v) is 2.20. The van der Waals surface area contributed by atoms with Gasteiger partial charge >= 0.3 is 5.97 Å². The molecule has 1 fully saturated rings. The van der Waals surface area contributed by atoms with E-state index in [9.17, 15) is 20.1 Å². The maximum atomic E-state index is 11.9. The van der Waals surface area contributed by atoms with Gasteiger partial charge in [0.05, 0.1) is 5.56 Å². The number of aliphatic hydroxyl groups is 3. The van der Waals surface area contributed by atoms with Crippen molar-refractivity contribution in [3.8, 4) is 0 Å². The topological polar surface area (TPSA) is 105 Å². The Bertz CT molecular complexity index is 504. The lowest BCUT2D eigenvalue weighted by Gasteiger charge is -2.39. The number of hydrogen-bond acceptors (Lipinski definition) is 7. The van der Waals surface area contributed by atoms with Crippen molar-refractivity contribution in [1.82, 2.24) is 0 Å². The first-order valence-electron chi connectivity index (χ1n) is 6.59. The lowest BCUT2D eigenvalue weighted by Crippen LogP contribution is -2.59. The SMILES string of the molecule is CO[C@@H]1O[C@H](COC(=O)c2ccc(Cl)cc2)[C@H](O)[C@H](O)[C@H]1O. The van der Waals surface area contributed by atoms with E-state index in [-0.39, 0.29) is 6.61 Å². The second kappa shape index (κ2) is 7.36. The lowest BCUT2D eigenvalue weighted by molar-refractivity contribution is -0.294. The first-order chi connectivity index (χ1) is 10.4. The zero-order valence-electron chi connectivity index (χ0n) is 11.8. The van der Waals surface area contributed by atoms with Gasteiger partial charge in [0.15, 0.2) is 6.29 Å². The van der Waals surface area contributed by atoms with Gasteiger partial charge in [-0.1, -0.05) is 11.6 Å². The lowest BCUT2D eigenvalue weighted by atomic mass is 9.99. The maximum Gasteiger partial charge on any atom is 0.338 e. The quantitative estimate of drug-likeness (QED) is 0.664. The molecule has 0 amide bonds. The fraction of sp³-hybridized carbons (Fsp3) is 0.500. The Morgan fingerprint density at radius 3 is 2.41 bits per heavy atom. The summed E-state index contributed by atoms with van der Waals surface area (Å²) in [4.78, 5) is 11.9. The predicted octanol–water partition coefficient (Wildman–Crippen LogP) is -0.0492. The molecule has 3 N–H and O–H groups in total. The van der Waals surface area contributed by atoms with Crippen LogP contribution in [-0.4, -0.2) is 65.7 Å². The van der Waals surface area contributed by atoms with Crippen molar-refractivity contribution in [3.63, 3.8) is 0 Å². The summed E-state index contributed by atoms with van der Waals surface area (Å²) in [7, 11) is 1.29. The highest BCUT2D eigenvalue weighted by Gasteiger charge is 2.44. The number of ether oxygens (including phenoxy) is 3. The van der Waals surface area contributed by atoms with Crippen LogP contribution in [0.3, 0.4) is 0 Å². The Balaban J connectivity index is 1.95. The summed E-state index contributed by atoms with van der Waals surface area (Å²) < 4.78 is 15.2. The van der Waals surface area contributed by atoms with Crippen LogP contribution in [0.15, 0.2) is 24.3 Å². The van der Waals surface area contributed by atoms with Crippen molar-refractivity contribution in [2.24, 2.45) is 0 Å². The summed E-state index contributed by atoms with van der Waals surface area (Å²) in [6, 6.07) is 6.09. The van der Waals surface area contributed by atoms with Gasteiger partial charge in [-0.05, 0) is 24.3 Å². The summed E-state index contributed by atoms with van der Waals surface area (Å²) in [5.74, 6) is -0.623. The van der Waals surface area contributed by atoms with Crippen LogP contribution in [0.5, 0.6) is 0 Å². The monoisotopic (exact) mass is 332 g/mol. The number of benzene rings is 1. The zero-order chi connectivity index (χ0) is 16.3. The normalized spacial score (nSPS) is 31.8. The molecule has 1 heterocycles. The smallest absolute Gasteiger partial charge is 0.338 e.